The molecule has 7 heteroatoms. The molecule has 0 fully saturated rings. The van der Waals surface area contributed by atoms with Crippen molar-refractivity contribution in [2.75, 3.05) is 5.32 Å². The Kier molecular flexibility index (Phi) is 4.36. The summed E-state index contributed by atoms with van der Waals surface area (Å²) < 4.78 is 14.4. The average Bonchev–Trinajstić information content (AvgIpc) is 3.11. The van der Waals surface area contributed by atoms with E-state index in [0.29, 0.717) is 5.69 Å². The predicted molar refractivity (Wildman–Crippen MR) is 102 cm³/mol. The molecule has 2 heterocycles. The normalized spacial score (nSPS) is 10.8. The largest absolute Gasteiger partial charge is 0.319 e. The number of halogens is 2. The number of hydrogen-bond acceptors (Lipinski definition) is 4. The molecule has 0 spiro atoms. The van der Waals surface area contributed by atoms with E-state index >= 15 is 0 Å². The second kappa shape index (κ2) is 6.82. The molecule has 26 heavy (non-hydrogen) atoms. The van der Waals surface area contributed by atoms with E-state index in [9.17, 15) is 9.18 Å². The molecule has 0 atom stereocenters. The molecular weight excluding hydrogens is 373 g/mol. The van der Waals surface area contributed by atoms with Gasteiger partial charge in [-0.3, -0.25) is 4.79 Å². The van der Waals surface area contributed by atoms with E-state index < -0.39 is 11.7 Å². The summed E-state index contributed by atoms with van der Waals surface area (Å²) in [5, 5.41) is 2.85. The molecular formula is C19H11ClFN3OS. The number of aromatic nitrogens is 2. The summed E-state index contributed by atoms with van der Waals surface area (Å²) in [5.41, 5.74) is 5.03. The quantitative estimate of drug-likeness (QED) is 0.482. The molecule has 4 rings (SSSR count). The lowest BCUT2D eigenvalue weighted by molar-refractivity contribution is 0.102. The van der Waals surface area contributed by atoms with E-state index in [0.717, 1.165) is 27.4 Å². The number of rotatable bonds is 3. The Morgan fingerprint density at radius 2 is 1.96 bits per heavy atom. The van der Waals surface area contributed by atoms with E-state index in [1.165, 1.54) is 18.2 Å². The van der Waals surface area contributed by atoms with Gasteiger partial charge in [0.1, 0.15) is 5.82 Å². The summed E-state index contributed by atoms with van der Waals surface area (Å²) in [4.78, 5) is 20.7. The first-order valence-corrected chi connectivity index (χ1v) is 8.92. The first kappa shape index (κ1) is 16.6. The molecule has 4 aromatic rings. The third-order valence-corrected chi connectivity index (χ3v) is 4.93. The van der Waals surface area contributed by atoms with Gasteiger partial charge in [-0.05, 0) is 42.0 Å². The molecule has 2 aromatic heterocycles. The minimum absolute atomic E-state index is 0.164. The van der Waals surface area contributed by atoms with Crippen LogP contribution in [0.3, 0.4) is 0 Å². The van der Waals surface area contributed by atoms with Crippen LogP contribution in [0.25, 0.3) is 21.3 Å². The number of amides is 1. The average molecular weight is 384 g/mol. The number of pyridine rings is 1. The van der Waals surface area contributed by atoms with E-state index in [2.05, 4.69) is 15.3 Å². The fourth-order valence-electron chi connectivity index (χ4n) is 2.55. The lowest BCUT2D eigenvalue weighted by atomic mass is 10.1. The van der Waals surface area contributed by atoms with Crippen molar-refractivity contribution in [3.8, 4) is 11.1 Å². The second-order valence-corrected chi connectivity index (χ2v) is 6.81. The van der Waals surface area contributed by atoms with Crippen LogP contribution in [0.4, 0.5) is 10.1 Å². The highest BCUT2D eigenvalue weighted by molar-refractivity contribution is 7.16. The number of anilines is 1. The monoisotopic (exact) mass is 383 g/mol. The van der Waals surface area contributed by atoms with Crippen LogP contribution in [-0.4, -0.2) is 15.9 Å². The van der Waals surface area contributed by atoms with E-state index in [-0.39, 0.29) is 10.7 Å². The maximum atomic E-state index is 13.3. The van der Waals surface area contributed by atoms with Gasteiger partial charge in [0.15, 0.2) is 5.15 Å². The third-order valence-electron chi connectivity index (χ3n) is 3.84. The van der Waals surface area contributed by atoms with Crippen LogP contribution in [-0.2, 0) is 0 Å². The number of carbonyl (C=O) groups is 1. The molecule has 0 saturated carbocycles. The van der Waals surface area contributed by atoms with Crippen LogP contribution in [0.1, 0.15) is 10.4 Å². The van der Waals surface area contributed by atoms with E-state index in [1.807, 2.05) is 18.2 Å². The fraction of sp³-hybridized carbons (Fsp3) is 0. The van der Waals surface area contributed by atoms with E-state index in [4.69, 9.17) is 11.6 Å². The highest BCUT2D eigenvalue weighted by Crippen LogP contribution is 2.30. The van der Waals surface area contributed by atoms with Crippen LogP contribution in [0.2, 0.25) is 5.15 Å². The lowest BCUT2D eigenvalue weighted by Gasteiger charge is -2.09. The predicted octanol–water partition coefficient (Wildman–Crippen LogP) is 5.40. The van der Waals surface area contributed by atoms with Crippen LogP contribution >= 0.6 is 22.9 Å². The molecule has 128 valence electrons. The van der Waals surface area contributed by atoms with Gasteiger partial charge >= 0.3 is 0 Å². The lowest BCUT2D eigenvalue weighted by Crippen LogP contribution is -2.12. The van der Waals surface area contributed by atoms with Crippen molar-refractivity contribution in [2.45, 2.75) is 0 Å². The Balaban J connectivity index is 1.66. The summed E-state index contributed by atoms with van der Waals surface area (Å²) in [6.45, 7) is 0. The Morgan fingerprint density at radius 3 is 2.81 bits per heavy atom. The molecule has 2 aromatic carbocycles. The van der Waals surface area contributed by atoms with E-state index in [1.54, 1.807) is 29.1 Å². The molecule has 0 saturated heterocycles. The zero-order valence-electron chi connectivity index (χ0n) is 13.2. The number of thiazole rings is 1. The first-order valence-electron chi connectivity index (χ1n) is 7.66. The molecule has 0 aliphatic carbocycles. The third kappa shape index (κ3) is 3.29. The Bertz CT molecular complexity index is 1130. The van der Waals surface area contributed by atoms with Crippen molar-refractivity contribution < 1.29 is 9.18 Å². The van der Waals surface area contributed by atoms with Gasteiger partial charge in [0.25, 0.3) is 5.91 Å². The summed E-state index contributed by atoms with van der Waals surface area (Å²) in [6, 6.07) is 13.1. The fourth-order valence-corrected chi connectivity index (χ4v) is 3.42. The molecule has 1 N–H and O–H groups in total. The molecule has 0 radical (unpaired) electrons. The van der Waals surface area contributed by atoms with Crippen molar-refractivity contribution in [1.82, 2.24) is 9.97 Å². The van der Waals surface area contributed by atoms with Crippen LogP contribution < -0.4 is 5.32 Å². The van der Waals surface area contributed by atoms with Gasteiger partial charge in [-0.2, -0.15) is 0 Å². The molecule has 0 bridgehead atoms. The smallest absolute Gasteiger partial charge is 0.255 e. The van der Waals surface area contributed by atoms with Crippen LogP contribution in [0.5, 0.6) is 0 Å². The number of fused-ring (bicyclic) bond motifs is 1. The van der Waals surface area contributed by atoms with Gasteiger partial charge in [0.05, 0.1) is 21.4 Å². The van der Waals surface area contributed by atoms with Gasteiger partial charge in [0, 0.05) is 17.3 Å². The molecule has 0 aliphatic heterocycles. The molecule has 1 amide bonds. The number of carbonyl (C=O) groups excluding carboxylic acids is 1. The number of nitrogens with one attached hydrogen (secondary N) is 1. The standard InChI is InChI=1S/C19H11ClFN3OS/c20-18-16(24-19(25)12-2-1-3-14(21)6-12)7-13(9-22-18)11-4-5-15-17(8-11)26-10-23-15/h1-10H,(H,24,25). The van der Waals surface area contributed by atoms with Crippen LogP contribution in [0.15, 0.2) is 60.2 Å². The maximum absolute atomic E-state index is 13.3. The summed E-state index contributed by atoms with van der Waals surface area (Å²) in [6.07, 6.45) is 1.64. The number of nitrogens with zero attached hydrogens (tertiary/aromatic N) is 2. The first-order chi connectivity index (χ1) is 12.6. The van der Waals surface area contributed by atoms with Gasteiger partial charge in [0.2, 0.25) is 0 Å². The minimum Gasteiger partial charge on any atom is -0.319 e. The number of hydrogen-bond donors (Lipinski definition) is 1. The van der Waals surface area contributed by atoms with Crippen molar-refractivity contribution >= 4 is 44.7 Å². The Labute approximate surface area is 157 Å². The van der Waals surface area contributed by atoms with Crippen LogP contribution in [0, 0.1) is 5.82 Å². The molecule has 0 unspecified atom stereocenters. The summed E-state index contributed by atoms with van der Waals surface area (Å²) >= 11 is 7.67. The molecule has 4 nitrogen and oxygen atoms in total. The second-order valence-electron chi connectivity index (χ2n) is 5.56. The SMILES string of the molecule is O=C(Nc1cc(-c2ccc3ncsc3c2)cnc1Cl)c1cccc(F)c1. The topological polar surface area (TPSA) is 54.9 Å². The molecule has 0 aliphatic rings. The number of benzene rings is 2. The van der Waals surface area contributed by atoms with Crippen molar-refractivity contribution in [1.29, 1.82) is 0 Å². The van der Waals surface area contributed by atoms with Gasteiger partial charge < -0.3 is 5.32 Å². The zero-order valence-corrected chi connectivity index (χ0v) is 14.8. The minimum atomic E-state index is -0.478. The van der Waals surface area contributed by atoms with Crippen molar-refractivity contribution in [3.05, 3.63) is 76.8 Å². The van der Waals surface area contributed by atoms with Crippen molar-refractivity contribution in [3.63, 3.8) is 0 Å². The van der Waals surface area contributed by atoms with Gasteiger partial charge in [-0.1, -0.05) is 23.7 Å². The zero-order chi connectivity index (χ0) is 18.1. The Hall–Kier alpha value is -2.83. The summed E-state index contributed by atoms with van der Waals surface area (Å²) in [7, 11) is 0. The van der Waals surface area contributed by atoms with Gasteiger partial charge in [-0.15, -0.1) is 11.3 Å². The highest BCUT2D eigenvalue weighted by Gasteiger charge is 2.12. The van der Waals surface area contributed by atoms with Crippen molar-refractivity contribution in [2.24, 2.45) is 0 Å². The Morgan fingerprint density at radius 1 is 1.08 bits per heavy atom. The maximum Gasteiger partial charge on any atom is 0.255 e. The summed E-state index contributed by atoms with van der Waals surface area (Å²) in [5.74, 6) is -0.934. The van der Waals surface area contributed by atoms with Gasteiger partial charge in [-0.25, -0.2) is 14.4 Å². The highest BCUT2D eigenvalue weighted by atomic mass is 35.5.